The van der Waals surface area contributed by atoms with Crippen LogP contribution >= 0.6 is 0 Å². The molecule has 0 radical (unpaired) electrons. The van der Waals surface area contributed by atoms with Gasteiger partial charge in [-0.1, -0.05) is 6.92 Å². The molecule has 0 aromatic rings. The largest absolute Gasteiger partial charge is 0.300 e. The highest BCUT2D eigenvalue weighted by molar-refractivity contribution is 5.76. The molecule has 0 aromatic heterocycles. The van der Waals surface area contributed by atoms with Crippen molar-refractivity contribution in [3.63, 3.8) is 0 Å². The number of nitrogens with zero attached hydrogens (tertiary/aromatic N) is 1. The summed E-state index contributed by atoms with van der Waals surface area (Å²) in [5, 5.41) is 8.80. The van der Waals surface area contributed by atoms with Gasteiger partial charge in [0.2, 0.25) is 0 Å². The SMILES string of the molecule is CC(=O)CC1(C#N)CC(C)C1. The molecule has 0 unspecified atom stereocenters. The van der Waals surface area contributed by atoms with Gasteiger partial charge in [0.15, 0.2) is 0 Å². The van der Waals surface area contributed by atoms with Crippen molar-refractivity contribution < 1.29 is 4.79 Å². The predicted octanol–water partition coefficient (Wildman–Crippen LogP) is 1.91. The summed E-state index contributed by atoms with van der Waals surface area (Å²) in [7, 11) is 0. The van der Waals surface area contributed by atoms with Crippen LogP contribution in [0.3, 0.4) is 0 Å². The molecule has 2 heteroatoms. The van der Waals surface area contributed by atoms with Crippen LogP contribution in [0.1, 0.15) is 33.1 Å². The maximum absolute atomic E-state index is 10.8. The molecule has 0 amide bonds. The van der Waals surface area contributed by atoms with E-state index in [1.165, 1.54) is 0 Å². The third-order valence-corrected chi connectivity index (χ3v) is 2.30. The molecule has 11 heavy (non-hydrogen) atoms. The standard InChI is InChI=1S/C9H13NO/c1-7-3-9(4-7,6-10)5-8(2)11/h7H,3-5H2,1-2H3. The molecular weight excluding hydrogens is 138 g/mol. The van der Waals surface area contributed by atoms with E-state index in [0.29, 0.717) is 12.3 Å². The Labute approximate surface area is 67.2 Å². The Morgan fingerprint density at radius 3 is 2.55 bits per heavy atom. The fourth-order valence-corrected chi connectivity index (χ4v) is 2.03. The molecule has 1 saturated carbocycles. The van der Waals surface area contributed by atoms with E-state index in [4.69, 9.17) is 5.26 Å². The van der Waals surface area contributed by atoms with E-state index < -0.39 is 0 Å². The summed E-state index contributed by atoms with van der Waals surface area (Å²) in [6.07, 6.45) is 2.26. The summed E-state index contributed by atoms with van der Waals surface area (Å²) < 4.78 is 0. The maximum atomic E-state index is 10.8. The molecule has 0 atom stereocenters. The van der Waals surface area contributed by atoms with Gasteiger partial charge in [-0.2, -0.15) is 5.26 Å². The van der Waals surface area contributed by atoms with Crippen molar-refractivity contribution in [2.45, 2.75) is 33.1 Å². The van der Waals surface area contributed by atoms with E-state index >= 15 is 0 Å². The minimum atomic E-state index is -0.286. The number of carbonyl (C=O) groups excluding carboxylic acids is 1. The van der Waals surface area contributed by atoms with Gasteiger partial charge in [-0.15, -0.1) is 0 Å². The molecule has 0 heterocycles. The quantitative estimate of drug-likeness (QED) is 0.604. The summed E-state index contributed by atoms with van der Waals surface area (Å²) in [5.41, 5.74) is -0.286. The van der Waals surface area contributed by atoms with Crippen LogP contribution in [0.5, 0.6) is 0 Å². The fraction of sp³-hybridized carbons (Fsp3) is 0.778. The first-order valence-corrected chi connectivity index (χ1v) is 3.99. The van der Waals surface area contributed by atoms with Crippen molar-refractivity contribution in [2.75, 3.05) is 0 Å². The van der Waals surface area contributed by atoms with E-state index in [2.05, 4.69) is 13.0 Å². The number of hydrogen-bond donors (Lipinski definition) is 0. The highest BCUT2D eigenvalue weighted by atomic mass is 16.1. The number of nitriles is 1. The number of rotatable bonds is 2. The zero-order valence-corrected chi connectivity index (χ0v) is 7.05. The average molecular weight is 151 g/mol. The second kappa shape index (κ2) is 2.65. The first kappa shape index (κ1) is 8.26. The van der Waals surface area contributed by atoms with Gasteiger partial charge in [-0.3, -0.25) is 4.79 Å². The number of ketones is 1. The van der Waals surface area contributed by atoms with Crippen LogP contribution in [0, 0.1) is 22.7 Å². The van der Waals surface area contributed by atoms with Crippen molar-refractivity contribution in [3.05, 3.63) is 0 Å². The lowest BCUT2D eigenvalue weighted by molar-refractivity contribution is -0.120. The second-order valence-electron chi connectivity index (χ2n) is 3.78. The van der Waals surface area contributed by atoms with E-state index in [9.17, 15) is 4.79 Å². The van der Waals surface area contributed by atoms with Crippen LogP contribution in [0.4, 0.5) is 0 Å². The topological polar surface area (TPSA) is 40.9 Å². The molecular formula is C9H13NO. The van der Waals surface area contributed by atoms with Crippen molar-refractivity contribution in [3.8, 4) is 6.07 Å². The zero-order valence-electron chi connectivity index (χ0n) is 7.05. The summed E-state index contributed by atoms with van der Waals surface area (Å²) in [4.78, 5) is 10.8. The zero-order chi connectivity index (χ0) is 8.48. The van der Waals surface area contributed by atoms with Gasteiger partial charge in [0.1, 0.15) is 5.78 Å². The predicted molar refractivity (Wildman–Crippen MR) is 41.7 cm³/mol. The first-order chi connectivity index (χ1) is 5.08. The van der Waals surface area contributed by atoms with Crippen LogP contribution in [-0.4, -0.2) is 5.78 Å². The van der Waals surface area contributed by atoms with Crippen LogP contribution < -0.4 is 0 Å². The average Bonchev–Trinajstić information content (AvgIpc) is 1.82. The molecule has 0 spiro atoms. The van der Waals surface area contributed by atoms with Crippen molar-refractivity contribution >= 4 is 5.78 Å². The Hall–Kier alpha value is -0.840. The maximum Gasteiger partial charge on any atom is 0.131 e. The lowest BCUT2D eigenvalue weighted by Gasteiger charge is -2.40. The van der Waals surface area contributed by atoms with Gasteiger partial charge < -0.3 is 0 Å². The molecule has 0 aliphatic heterocycles. The smallest absolute Gasteiger partial charge is 0.131 e. The fourth-order valence-electron chi connectivity index (χ4n) is 2.03. The van der Waals surface area contributed by atoms with Gasteiger partial charge in [-0.05, 0) is 25.7 Å². The molecule has 0 bridgehead atoms. The lowest BCUT2D eigenvalue weighted by atomic mass is 9.61. The minimum absolute atomic E-state index is 0.137. The van der Waals surface area contributed by atoms with Crippen molar-refractivity contribution in [1.82, 2.24) is 0 Å². The molecule has 2 nitrogen and oxygen atoms in total. The van der Waals surface area contributed by atoms with E-state index in [-0.39, 0.29) is 11.2 Å². The van der Waals surface area contributed by atoms with Gasteiger partial charge in [0.25, 0.3) is 0 Å². The van der Waals surface area contributed by atoms with Crippen LogP contribution in [-0.2, 0) is 4.79 Å². The van der Waals surface area contributed by atoms with Gasteiger partial charge in [-0.25, -0.2) is 0 Å². The molecule has 1 aliphatic rings. The second-order valence-corrected chi connectivity index (χ2v) is 3.78. The first-order valence-electron chi connectivity index (χ1n) is 3.99. The summed E-state index contributed by atoms with van der Waals surface area (Å²) in [6, 6.07) is 2.26. The Morgan fingerprint density at radius 1 is 1.73 bits per heavy atom. The number of hydrogen-bond acceptors (Lipinski definition) is 2. The Balaban J connectivity index is 2.53. The molecule has 0 aromatic carbocycles. The normalized spacial score (nSPS) is 35.5. The molecule has 1 fully saturated rings. The van der Waals surface area contributed by atoms with Crippen LogP contribution in [0.15, 0.2) is 0 Å². The van der Waals surface area contributed by atoms with Crippen LogP contribution in [0.2, 0.25) is 0 Å². The molecule has 0 N–H and O–H groups in total. The monoisotopic (exact) mass is 151 g/mol. The van der Waals surface area contributed by atoms with E-state index in [0.717, 1.165) is 12.8 Å². The Kier molecular flexibility index (Phi) is 1.99. The minimum Gasteiger partial charge on any atom is -0.300 e. The molecule has 1 rings (SSSR count). The summed E-state index contributed by atoms with van der Waals surface area (Å²) in [6.45, 7) is 3.68. The van der Waals surface area contributed by atoms with Crippen molar-refractivity contribution in [1.29, 1.82) is 5.26 Å². The molecule has 1 aliphatic carbocycles. The third kappa shape index (κ3) is 1.59. The third-order valence-electron chi connectivity index (χ3n) is 2.30. The highest BCUT2D eigenvalue weighted by Gasteiger charge is 2.42. The number of carbonyl (C=O) groups is 1. The van der Waals surface area contributed by atoms with Gasteiger partial charge in [0, 0.05) is 6.42 Å². The van der Waals surface area contributed by atoms with E-state index in [1.54, 1.807) is 6.92 Å². The van der Waals surface area contributed by atoms with Crippen LogP contribution in [0.25, 0.3) is 0 Å². The Bertz CT molecular complexity index is 208. The van der Waals surface area contributed by atoms with Gasteiger partial charge in [0.05, 0.1) is 11.5 Å². The van der Waals surface area contributed by atoms with Crippen molar-refractivity contribution in [2.24, 2.45) is 11.3 Å². The lowest BCUT2D eigenvalue weighted by Crippen LogP contribution is -2.35. The van der Waals surface area contributed by atoms with E-state index in [1.807, 2.05) is 0 Å². The molecule has 0 saturated heterocycles. The van der Waals surface area contributed by atoms with Gasteiger partial charge >= 0.3 is 0 Å². The highest BCUT2D eigenvalue weighted by Crippen LogP contribution is 2.47. The Morgan fingerprint density at radius 2 is 2.27 bits per heavy atom. The number of Topliss-reactive ketones (excluding diaryl/α,β-unsaturated/α-hetero) is 1. The summed E-state index contributed by atoms with van der Waals surface area (Å²) >= 11 is 0. The summed E-state index contributed by atoms with van der Waals surface area (Å²) in [5.74, 6) is 0.771. The molecule has 60 valence electrons.